The summed E-state index contributed by atoms with van der Waals surface area (Å²) in [7, 11) is 0. The summed E-state index contributed by atoms with van der Waals surface area (Å²) < 4.78 is 5.37. The van der Waals surface area contributed by atoms with Crippen molar-refractivity contribution in [1.29, 1.82) is 0 Å². The Balaban J connectivity index is 1.70. The quantitative estimate of drug-likeness (QED) is 0.930. The standard InChI is InChI=1S/C16H19ClN2O3/c17-11-6-7-14-13(8-11)19(16(21)10-22-14)9-15(20)18-12-4-2-1-3-5-12/h6-8,12H,1-5,9-10H2,(H,18,20). The number of fused-ring (bicyclic) bond motifs is 1. The van der Waals surface area contributed by atoms with Gasteiger partial charge in [0.15, 0.2) is 6.61 Å². The summed E-state index contributed by atoms with van der Waals surface area (Å²) in [6.45, 7) is -0.0443. The first-order chi connectivity index (χ1) is 10.6. The highest BCUT2D eigenvalue weighted by atomic mass is 35.5. The van der Waals surface area contributed by atoms with E-state index >= 15 is 0 Å². The summed E-state index contributed by atoms with van der Waals surface area (Å²) in [6, 6.07) is 5.31. The van der Waals surface area contributed by atoms with Crippen molar-refractivity contribution >= 4 is 29.1 Å². The first-order valence-electron chi connectivity index (χ1n) is 7.65. The van der Waals surface area contributed by atoms with Crippen LogP contribution in [0, 0.1) is 0 Å². The third kappa shape index (κ3) is 3.35. The average Bonchev–Trinajstić information content (AvgIpc) is 2.51. The summed E-state index contributed by atoms with van der Waals surface area (Å²) in [5.41, 5.74) is 0.558. The highest BCUT2D eigenvalue weighted by Gasteiger charge is 2.28. The number of hydrogen-bond acceptors (Lipinski definition) is 3. The van der Waals surface area contributed by atoms with Gasteiger partial charge in [-0.05, 0) is 31.0 Å². The topological polar surface area (TPSA) is 58.6 Å². The van der Waals surface area contributed by atoms with Crippen LogP contribution in [0.15, 0.2) is 18.2 Å². The van der Waals surface area contributed by atoms with Crippen LogP contribution in [-0.2, 0) is 9.59 Å². The Morgan fingerprint density at radius 1 is 1.32 bits per heavy atom. The van der Waals surface area contributed by atoms with Crippen molar-refractivity contribution in [2.45, 2.75) is 38.1 Å². The second-order valence-corrected chi connectivity index (χ2v) is 6.22. The summed E-state index contributed by atoms with van der Waals surface area (Å²) >= 11 is 5.99. The van der Waals surface area contributed by atoms with E-state index in [0.29, 0.717) is 16.5 Å². The molecule has 2 aliphatic rings. The molecule has 1 aromatic carbocycles. The largest absolute Gasteiger partial charge is 0.482 e. The van der Waals surface area contributed by atoms with Gasteiger partial charge < -0.3 is 10.1 Å². The average molecular weight is 323 g/mol. The molecule has 3 rings (SSSR count). The third-order valence-electron chi connectivity index (χ3n) is 4.14. The third-order valence-corrected chi connectivity index (χ3v) is 4.37. The van der Waals surface area contributed by atoms with E-state index in [1.165, 1.54) is 11.3 Å². The SMILES string of the molecule is O=C(CN1C(=O)COc2ccc(Cl)cc21)NC1CCCCC1. The molecule has 1 N–H and O–H groups in total. The Morgan fingerprint density at radius 2 is 2.09 bits per heavy atom. The van der Waals surface area contributed by atoms with Crippen LogP contribution in [0.2, 0.25) is 5.02 Å². The molecule has 0 radical (unpaired) electrons. The number of carbonyl (C=O) groups is 2. The zero-order valence-electron chi connectivity index (χ0n) is 12.3. The van der Waals surface area contributed by atoms with Gasteiger partial charge in [0.1, 0.15) is 12.3 Å². The number of carbonyl (C=O) groups excluding carboxylic acids is 2. The van der Waals surface area contributed by atoms with Crippen LogP contribution in [0.5, 0.6) is 5.75 Å². The van der Waals surface area contributed by atoms with Gasteiger partial charge in [0, 0.05) is 11.1 Å². The first kappa shape index (κ1) is 15.2. The van der Waals surface area contributed by atoms with Crippen molar-refractivity contribution in [3.05, 3.63) is 23.2 Å². The molecule has 0 atom stereocenters. The van der Waals surface area contributed by atoms with Crippen molar-refractivity contribution in [3.63, 3.8) is 0 Å². The maximum absolute atomic E-state index is 12.2. The van der Waals surface area contributed by atoms with E-state index in [1.54, 1.807) is 18.2 Å². The Kier molecular flexibility index (Phi) is 4.52. The highest BCUT2D eigenvalue weighted by molar-refractivity contribution is 6.31. The van der Waals surface area contributed by atoms with Gasteiger partial charge in [0.2, 0.25) is 5.91 Å². The van der Waals surface area contributed by atoms with E-state index in [2.05, 4.69) is 5.32 Å². The fourth-order valence-corrected chi connectivity index (χ4v) is 3.18. The number of nitrogens with one attached hydrogen (secondary N) is 1. The van der Waals surface area contributed by atoms with Gasteiger partial charge in [0.05, 0.1) is 5.69 Å². The molecule has 0 saturated heterocycles. The number of benzene rings is 1. The molecule has 5 nitrogen and oxygen atoms in total. The lowest BCUT2D eigenvalue weighted by Gasteiger charge is -2.30. The van der Waals surface area contributed by atoms with Crippen LogP contribution < -0.4 is 15.0 Å². The van der Waals surface area contributed by atoms with Crippen LogP contribution in [-0.4, -0.2) is 31.0 Å². The zero-order chi connectivity index (χ0) is 15.5. The molecule has 0 unspecified atom stereocenters. The van der Waals surface area contributed by atoms with E-state index in [1.807, 2.05) is 0 Å². The smallest absolute Gasteiger partial charge is 0.265 e. The normalized spacial score (nSPS) is 18.6. The first-order valence-corrected chi connectivity index (χ1v) is 8.03. The Labute approximate surface area is 134 Å². The number of amides is 2. The molecule has 1 aliphatic carbocycles. The lowest BCUT2D eigenvalue weighted by atomic mass is 9.95. The van der Waals surface area contributed by atoms with Gasteiger partial charge in [-0.15, -0.1) is 0 Å². The monoisotopic (exact) mass is 322 g/mol. The van der Waals surface area contributed by atoms with E-state index in [0.717, 1.165) is 25.7 Å². The van der Waals surface area contributed by atoms with Crippen LogP contribution in [0.25, 0.3) is 0 Å². The number of rotatable bonds is 3. The van der Waals surface area contributed by atoms with Crippen LogP contribution >= 0.6 is 11.6 Å². The maximum Gasteiger partial charge on any atom is 0.265 e. The second kappa shape index (κ2) is 6.57. The van der Waals surface area contributed by atoms with Crippen molar-refractivity contribution in [1.82, 2.24) is 5.32 Å². The molecule has 1 saturated carbocycles. The number of halogens is 1. The molecule has 22 heavy (non-hydrogen) atoms. The predicted molar refractivity (Wildman–Crippen MR) is 84.3 cm³/mol. The molecule has 1 aromatic rings. The van der Waals surface area contributed by atoms with E-state index < -0.39 is 0 Å². The molecule has 1 fully saturated rings. The Bertz CT molecular complexity index is 585. The number of nitrogens with zero attached hydrogens (tertiary/aromatic N) is 1. The summed E-state index contributed by atoms with van der Waals surface area (Å²) in [5, 5.41) is 3.53. The van der Waals surface area contributed by atoms with Gasteiger partial charge in [-0.2, -0.15) is 0 Å². The maximum atomic E-state index is 12.2. The fourth-order valence-electron chi connectivity index (χ4n) is 3.01. The number of hydrogen-bond donors (Lipinski definition) is 1. The second-order valence-electron chi connectivity index (χ2n) is 5.78. The molecule has 1 heterocycles. The zero-order valence-corrected chi connectivity index (χ0v) is 13.1. The van der Waals surface area contributed by atoms with E-state index in [-0.39, 0.29) is 31.0 Å². The van der Waals surface area contributed by atoms with Gasteiger partial charge in [-0.3, -0.25) is 14.5 Å². The number of anilines is 1. The van der Waals surface area contributed by atoms with Gasteiger partial charge in [0.25, 0.3) is 5.91 Å². The molecule has 118 valence electrons. The summed E-state index contributed by atoms with van der Waals surface area (Å²) in [4.78, 5) is 25.8. The van der Waals surface area contributed by atoms with Crippen molar-refractivity contribution < 1.29 is 14.3 Å². The Hall–Kier alpha value is -1.75. The van der Waals surface area contributed by atoms with Crippen molar-refractivity contribution in [2.75, 3.05) is 18.1 Å². The van der Waals surface area contributed by atoms with Crippen LogP contribution in [0.1, 0.15) is 32.1 Å². The molecule has 0 spiro atoms. The lowest BCUT2D eigenvalue weighted by molar-refractivity contribution is -0.125. The Morgan fingerprint density at radius 3 is 2.86 bits per heavy atom. The minimum atomic E-state index is -0.228. The van der Waals surface area contributed by atoms with Crippen LogP contribution in [0.4, 0.5) is 5.69 Å². The van der Waals surface area contributed by atoms with E-state index in [9.17, 15) is 9.59 Å². The number of ether oxygens (including phenoxy) is 1. The summed E-state index contributed by atoms with van der Waals surface area (Å²) in [5.74, 6) is 0.219. The molecule has 6 heteroatoms. The predicted octanol–water partition coefficient (Wildman–Crippen LogP) is 2.51. The molecule has 0 bridgehead atoms. The van der Waals surface area contributed by atoms with E-state index in [4.69, 9.17) is 16.3 Å². The molecule has 0 aromatic heterocycles. The van der Waals surface area contributed by atoms with Gasteiger partial charge >= 0.3 is 0 Å². The minimum absolute atomic E-state index is 0.00599. The van der Waals surface area contributed by atoms with Crippen molar-refractivity contribution in [2.24, 2.45) is 0 Å². The minimum Gasteiger partial charge on any atom is -0.482 e. The molecule has 2 amide bonds. The van der Waals surface area contributed by atoms with Gasteiger partial charge in [-0.25, -0.2) is 0 Å². The fraction of sp³-hybridized carbons (Fsp3) is 0.500. The van der Waals surface area contributed by atoms with Crippen LogP contribution in [0.3, 0.4) is 0 Å². The lowest BCUT2D eigenvalue weighted by Crippen LogP contribution is -2.47. The highest BCUT2D eigenvalue weighted by Crippen LogP contribution is 2.34. The molecule has 1 aliphatic heterocycles. The summed E-state index contributed by atoms with van der Waals surface area (Å²) in [6.07, 6.45) is 5.58. The molecular weight excluding hydrogens is 304 g/mol. The molecular formula is C16H19ClN2O3. The van der Waals surface area contributed by atoms with Gasteiger partial charge in [-0.1, -0.05) is 30.9 Å². The van der Waals surface area contributed by atoms with Crippen molar-refractivity contribution in [3.8, 4) is 5.75 Å².